The highest BCUT2D eigenvalue weighted by Gasteiger charge is 2.20. The molecule has 2 amide bonds. The maximum atomic E-state index is 12.3. The molecule has 166 valence electrons. The maximum Gasteiger partial charge on any atom is 0.340 e. The molecular formula is C20H22ClN3O6S. The Morgan fingerprint density at radius 1 is 1.10 bits per heavy atom. The molecule has 0 saturated heterocycles. The smallest absolute Gasteiger partial charge is 0.340 e. The minimum Gasteiger partial charge on any atom is -0.452 e. The molecule has 0 aromatic heterocycles. The summed E-state index contributed by atoms with van der Waals surface area (Å²) in [6.45, 7) is 1.02. The first-order valence-corrected chi connectivity index (χ1v) is 10.9. The van der Waals surface area contributed by atoms with E-state index in [0.717, 1.165) is 16.5 Å². The topological polar surface area (TPSA) is 122 Å². The van der Waals surface area contributed by atoms with E-state index in [9.17, 15) is 22.8 Å². The van der Waals surface area contributed by atoms with Crippen LogP contribution in [0.5, 0.6) is 0 Å². The fourth-order valence-corrected chi connectivity index (χ4v) is 3.35. The van der Waals surface area contributed by atoms with Crippen LogP contribution in [0.1, 0.15) is 15.9 Å². The molecule has 0 aliphatic heterocycles. The van der Waals surface area contributed by atoms with Crippen LogP contribution in [0.25, 0.3) is 0 Å². The second-order valence-electron chi connectivity index (χ2n) is 6.59. The summed E-state index contributed by atoms with van der Waals surface area (Å²) in [5.41, 5.74) is 1.43. The normalized spacial score (nSPS) is 11.0. The van der Waals surface area contributed by atoms with Crippen molar-refractivity contribution in [3.8, 4) is 0 Å². The first kappa shape index (κ1) is 24.3. The van der Waals surface area contributed by atoms with E-state index < -0.39 is 34.4 Å². The second kappa shape index (κ2) is 10.4. The summed E-state index contributed by atoms with van der Waals surface area (Å²) < 4.78 is 30.8. The van der Waals surface area contributed by atoms with Crippen LogP contribution in [-0.2, 0) is 24.3 Å². The number of carbonyl (C=O) groups is 3. The number of nitrogens with one attached hydrogen (secondary N) is 2. The van der Waals surface area contributed by atoms with Crippen LogP contribution < -0.4 is 10.0 Å². The lowest BCUT2D eigenvalue weighted by Crippen LogP contribution is -2.37. The average Bonchev–Trinajstić information content (AvgIpc) is 2.73. The molecule has 0 bridgehead atoms. The van der Waals surface area contributed by atoms with Crippen LogP contribution in [0.2, 0.25) is 5.02 Å². The number of benzene rings is 2. The van der Waals surface area contributed by atoms with Gasteiger partial charge in [0.1, 0.15) is 0 Å². The number of amides is 2. The molecule has 2 aromatic carbocycles. The lowest BCUT2D eigenvalue weighted by Gasteiger charge is -2.17. The molecule has 2 N–H and O–H groups in total. The third-order valence-electron chi connectivity index (χ3n) is 4.21. The summed E-state index contributed by atoms with van der Waals surface area (Å²) in [6, 6.07) is 10.7. The van der Waals surface area contributed by atoms with Crippen molar-refractivity contribution < 1.29 is 27.5 Å². The van der Waals surface area contributed by atoms with Crippen LogP contribution in [0.4, 0.5) is 5.69 Å². The summed E-state index contributed by atoms with van der Waals surface area (Å²) in [6.07, 6.45) is 0. The number of rotatable bonds is 8. The van der Waals surface area contributed by atoms with Crippen molar-refractivity contribution in [2.45, 2.75) is 11.8 Å². The van der Waals surface area contributed by atoms with Crippen molar-refractivity contribution in [1.29, 1.82) is 0 Å². The minimum absolute atomic E-state index is 0.0293. The fraction of sp³-hybridized carbons (Fsp3) is 0.250. The minimum atomic E-state index is -3.79. The lowest BCUT2D eigenvalue weighted by molar-refractivity contribution is -0.136. The Bertz CT molecular complexity index is 1090. The van der Waals surface area contributed by atoms with Gasteiger partial charge < -0.3 is 15.0 Å². The van der Waals surface area contributed by atoms with Gasteiger partial charge in [-0.3, -0.25) is 9.59 Å². The van der Waals surface area contributed by atoms with Crippen LogP contribution in [-0.4, -0.2) is 58.3 Å². The average molecular weight is 468 g/mol. The van der Waals surface area contributed by atoms with Crippen molar-refractivity contribution in [2.24, 2.45) is 0 Å². The molecule has 0 heterocycles. The zero-order valence-electron chi connectivity index (χ0n) is 17.1. The van der Waals surface area contributed by atoms with Gasteiger partial charge in [0, 0.05) is 12.7 Å². The largest absolute Gasteiger partial charge is 0.452 e. The first-order valence-electron chi connectivity index (χ1n) is 9.04. The molecule has 2 aromatic rings. The van der Waals surface area contributed by atoms with Gasteiger partial charge in [-0.15, -0.1) is 0 Å². The van der Waals surface area contributed by atoms with Crippen molar-refractivity contribution in [1.82, 2.24) is 9.62 Å². The molecule has 0 saturated carbocycles. The van der Waals surface area contributed by atoms with Crippen molar-refractivity contribution in [3.63, 3.8) is 0 Å². The molecule has 2 rings (SSSR count). The van der Waals surface area contributed by atoms with Crippen LogP contribution in [0, 0.1) is 6.92 Å². The number of sulfonamides is 1. The monoisotopic (exact) mass is 467 g/mol. The third kappa shape index (κ3) is 6.78. The van der Waals surface area contributed by atoms with E-state index in [4.69, 9.17) is 16.3 Å². The predicted molar refractivity (Wildman–Crippen MR) is 115 cm³/mol. The van der Waals surface area contributed by atoms with E-state index in [-0.39, 0.29) is 22.0 Å². The molecule has 0 radical (unpaired) electrons. The molecular weight excluding hydrogens is 446 g/mol. The molecule has 0 spiro atoms. The summed E-state index contributed by atoms with van der Waals surface area (Å²) >= 11 is 5.95. The standard InChI is InChI=1S/C20H22ClN3O6S/c1-13-4-6-14(7-5-13)23-18(25)11-24(3)19(26)12-30-20(27)16-10-15(8-9-17(16)21)31(28,29)22-2/h4-10,22H,11-12H2,1-3H3,(H,23,25). The quantitative estimate of drug-likeness (QED) is 0.571. The van der Waals surface area contributed by atoms with Gasteiger partial charge in [-0.1, -0.05) is 29.3 Å². The molecule has 11 heteroatoms. The van der Waals surface area contributed by atoms with E-state index in [2.05, 4.69) is 10.0 Å². The fourth-order valence-electron chi connectivity index (χ4n) is 2.40. The van der Waals surface area contributed by atoms with Crippen molar-refractivity contribution >= 4 is 45.1 Å². The molecule has 0 fully saturated rings. The Labute approximate surface area is 185 Å². The lowest BCUT2D eigenvalue weighted by atomic mass is 10.2. The molecule has 0 atom stereocenters. The van der Waals surface area contributed by atoms with Gasteiger partial charge in [0.05, 0.1) is 22.0 Å². The van der Waals surface area contributed by atoms with Crippen LogP contribution >= 0.6 is 11.6 Å². The number of anilines is 1. The van der Waals surface area contributed by atoms with E-state index >= 15 is 0 Å². The summed E-state index contributed by atoms with van der Waals surface area (Å²) in [7, 11) is -1.18. The zero-order chi connectivity index (χ0) is 23.2. The number of carbonyl (C=O) groups excluding carboxylic acids is 3. The summed E-state index contributed by atoms with van der Waals surface area (Å²) in [5, 5.41) is 2.63. The van der Waals surface area contributed by atoms with Gasteiger partial charge >= 0.3 is 5.97 Å². The van der Waals surface area contributed by atoms with Gasteiger partial charge in [-0.05, 0) is 44.3 Å². The highest BCUT2D eigenvalue weighted by Crippen LogP contribution is 2.21. The Morgan fingerprint density at radius 2 is 1.74 bits per heavy atom. The van der Waals surface area contributed by atoms with Crippen molar-refractivity contribution in [3.05, 3.63) is 58.6 Å². The zero-order valence-corrected chi connectivity index (χ0v) is 18.7. The number of nitrogens with zero attached hydrogens (tertiary/aromatic N) is 1. The summed E-state index contributed by atoms with van der Waals surface area (Å²) in [5.74, 6) is -2.01. The van der Waals surface area contributed by atoms with E-state index in [1.54, 1.807) is 12.1 Å². The predicted octanol–water partition coefficient (Wildman–Crippen LogP) is 1.81. The number of esters is 1. The maximum absolute atomic E-state index is 12.3. The van der Waals surface area contributed by atoms with Gasteiger partial charge in [-0.25, -0.2) is 17.9 Å². The Kier molecular flexibility index (Phi) is 8.14. The van der Waals surface area contributed by atoms with E-state index in [1.807, 2.05) is 19.1 Å². The Hall–Kier alpha value is -2.95. The Morgan fingerprint density at radius 3 is 2.35 bits per heavy atom. The second-order valence-corrected chi connectivity index (χ2v) is 8.88. The van der Waals surface area contributed by atoms with E-state index in [0.29, 0.717) is 5.69 Å². The Balaban J connectivity index is 1.94. The number of halogens is 1. The van der Waals surface area contributed by atoms with Gasteiger partial charge in [0.2, 0.25) is 15.9 Å². The van der Waals surface area contributed by atoms with Crippen LogP contribution in [0.3, 0.4) is 0 Å². The van der Waals surface area contributed by atoms with E-state index in [1.165, 1.54) is 26.2 Å². The third-order valence-corrected chi connectivity index (χ3v) is 5.95. The number of hydrogen-bond donors (Lipinski definition) is 2. The van der Waals surface area contributed by atoms with Gasteiger partial charge in [0.25, 0.3) is 5.91 Å². The number of hydrogen-bond acceptors (Lipinski definition) is 6. The van der Waals surface area contributed by atoms with Crippen LogP contribution in [0.15, 0.2) is 47.4 Å². The molecule has 0 unspecified atom stereocenters. The number of aryl methyl sites for hydroxylation is 1. The number of likely N-dealkylation sites (N-methyl/N-ethyl adjacent to an activating group) is 1. The van der Waals surface area contributed by atoms with Gasteiger partial charge in [0.15, 0.2) is 6.61 Å². The highest BCUT2D eigenvalue weighted by molar-refractivity contribution is 7.89. The number of ether oxygens (including phenoxy) is 1. The summed E-state index contributed by atoms with van der Waals surface area (Å²) in [4.78, 5) is 37.5. The molecule has 9 nitrogen and oxygen atoms in total. The van der Waals surface area contributed by atoms with Crippen molar-refractivity contribution in [2.75, 3.05) is 32.6 Å². The molecule has 0 aliphatic rings. The first-order chi connectivity index (χ1) is 14.5. The molecule has 0 aliphatic carbocycles. The molecule has 31 heavy (non-hydrogen) atoms. The SMILES string of the molecule is CNS(=O)(=O)c1ccc(Cl)c(C(=O)OCC(=O)N(C)CC(=O)Nc2ccc(C)cc2)c1. The van der Waals surface area contributed by atoms with Gasteiger partial charge in [-0.2, -0.15) is 0 Å². The highest BCUT2D eigenvalue weighted by atomic mass is 35.5.